The molecule has 2 fully saturated rings. The van der Waals surface area contributed by atoms with Crippen LogP contribution in [0.1, 0.15) is 18.7 Å². The number of anilines is 1. The number of hydrogen-bond donors (Lipinski definition) is 0. The van der Waals surface area contributed by atoms with E-state index in [1.807, 2.05) is 12.1 Å². The zero-order chi connectivity index (χ0) is 16.9. The molecule has 8 heteroatoms. The predicted molar refractivity (Wildman–Crippen MR) is 95.7 cm³/mol. The number of hydrogen-bond acceptors (Lipinski definition) is 8. The first-order valence-corrected chi connectivity index (χ1v) is 9.79. The van der Waals surface area contributed by atoms with Crippen molar-refractivity contribution < 1.29 is 9.15 Å². The third-order valence-electron chi connectivity index (χ3n) is 4.76. The second-order valence-electron chi connectivity index (χ2n) is 6.32. The van der Waals surface area contributed by atoms with Gasteiger partial charge in [-0.1, -0.05) is 5.10 Å². The van der Waals surface area contributed by atoms with Gasteiger partial charge in [-0.2, -0.15) is 0 Å². The summed E-state index contributed by atoms with van der Waals surface area (Å²) >= 11 is 1.68. The van der Waals surface area contributed by atoms with Gasteiger partial charge in [0.15, 0.2) is 0 Å². The first kappa shape index (κ1) is 16.8. The highest BCUT2D eigenvalue weighted by molar-refractivity contribution is 7.98. The molecule has 7 nitrogen and oxygen atoms in total. The van der Waals surface area contributed by atoms with Crippen LogP contribution in [0.2, 0.25) is 0 Å². The molecule has 2 aliphatic heterocycles. The molecule has 134 valence electrons. The van der Waals surface area contributed by atoms with Gasteiger partial charge in [0.2, 0.25) is 5.89 Å². The van der Waals surface area contributed by atoms with Crippen LogP contribution in [0.25, 0.3) is 0 Å². The maximum atomic E-state index is 5.85. The Morgan fingerprint density at radius 3 is 2.56 bits per heavy atom. The van der Waals surface area contributed by atoms with Crippen molar-refractivity contribution in [1.82, 2.24) is 20.1 Å². The summed E-state index contributed by atoms with van der Waals surface area (Å²) in [7, 11) is 0. The Labute approximate surface area is 151 Å². The fourth-order valence-electron chi connectivity index (χ4n) is 3.34. The molecule has 2 aromatic heterocycles. The molecule has 0 saturated carbocycles. The summed E-state index contributed by atoms with van der Waals surface area (Å²) in [5.74, 6) is 1.35. The van der Waals surface area contributed by atoms with Crippen molar-refractivity contribution in [3.63, 3.8) is 0 Å². The first-order valence-electron chi connectivity index (χ1n) is 8.80. The lowest BCUT2D eigenvalue weighted by Crippen LogP contribution is -2.51. The first-order chi connectivity index (χ1) is 12.4. The maximum Gasteiger partial charge on any atom is 0.318 e. The summed E-state index contributed by atoms with van der Waals surface area (Å²) in [6.45, 7) is 5.77. The van der Waals surface area contributed by atoms with E-state index in [0.29, 0.717) is 23.7 Å². The quantitative estimate of drug-likeness (QED) is 0.750. The van der Waals surface area contributed by atoms with Gasteiger partial charge in [-0.15, -0.1) is 16.9 Å². The van der Waals surface area contributed by atoms with Crippen LogP contribution in [0.15, 0.2) is 33.8 Å². The van der Waals surface area contributed by atoms with E-state index in [-0.39, 0.29) is 0 Å². The summed E-state index contributed by atoms with van der Waals surface area (Å²) in [5, 5.41) is 8.43. The number of piperazine rings is 1. The highest BCUT2D eigenvalue weighted by Gasteiger charge is 2.27. The average Bonchev–Trinajstić information content (AvgIpc) is 3.17. The Balaban J connectivity index is 1.28. The van der Waals surface area contributed by atoms with E-state index in [0.717, 1.165) is 57.1 Å². The Morgan fingerprint density at radius 2 is 1.80 bits per heavy atom. The minimum absolute atomic E-state index is 0.650. The summed E-state index contributed by atoms with van der Waals surface area (Å²) in [5.41, 5.74) is 0. The van der Waals surface area contributed by atoms with Gasteiger partial charge < -0.3 is 14.1 Å². The van der Waals surface area contributed by atoms with Crippen molar-refractivity contribution in [1.29, 1.82) is 0 Å². The minimum Gasteiger partial charge on any atom is -0.407 e. The molecular formula is C17H23N5O2S. The molecule has 2 aromatic rings. The summed E-state index contributed by atoms with van der Waals surface area (Å²) in [6, 6.07) is 5.29. The van der Waals surface area contributed by atoms with Gasteiger partial charge in [-0.05, 0) is 25.0 Å². The topological polar surface area (TPSA) is 67.5 Å². The Bertz CT molecular complexity index is 654. The van der Waals surface area contributed by atoms with E-state index in [4.69, 9.17) is 9.15 Å². The Kier molecular flexibility index (Phi) is 5.49. The predicted octanol–water partition coefficient (Wildman–Crippen LogP) is 2.06. The molecule has 4 rings (SSSR count). The van der Waals surface area contributed by atoms with Crippen molar-refractivity contribution in [2.75, 3.05) is 44.3 Å². The van der Waals surface area contributed by atoms with Crippen molar-refractivity contribution in [2.24, 2.45) is 0 Å². The van der Waals surface area contributed by atoms with Gasteiger partial charge in [0, 0.05) is 62.7 Å². The molecule has 0 aromatic carbocycles. The zero-order valence-electron chi connectivity index (χ0n) is 14.2. The summed E-state index contributed by atoms with van der Waals surface area (Å²) in [6.07, 6.45) is 5.88. The van der Waals surface area contributed by atoms with E-state index < -0.39 is 0 Å². The largest absolute Gasteiger partial charge is 0.407 e. The molecule has 4 heterocycles. The zero-order valence-corrected chi connectivity index (χ0v) is 15.0. The van der Waals surface area contributed by atoms with Crippen LogP contribution in [0, 0.1) is 0 Å². The summed E-state index contributed by atoms with van der Waals surface area (Å²) < 4.78 is 11.3. The molecule has 25 heavy (non-hydrogen) atoms. The normalized spacial score (nSPS) is 20.1. The number of thioether (sulfide) groups is 1. The van der Waals surface area contributed by atoms with E-state index in [2.05, 4.69) is 25.0 Å². The molecule has 2 saturated heterocycles. The second kappa shape index (κ2) is 8.16. The molecule has 0 radical (unpaired) electrons. The van der Waals surface area contributed by atoms with Crippen LogP contribution in [-0.4, -0.2) is 65.5 Å². The molecule has 0 amide bonds. The van der Waals surface area contributed by atoms with Crippen LogP contribution in [0.5, 0.6) is 0 Å². The van der Waals surface area contributed by atoms with Crippen LogP contribution in [0.3, 0.4) is 0 Å². The van der Waals surface area contributed by atoms with Gasteiger partial charge in [-0.25, -0.2) is 0 Å². The molecule has 0 atom stereocenters. The standard InChI is InChI=1S/C17H23N5O2S/c1-5-18-6-2-15(1)25-13-16-19-20-17(24-16)22-9-7-21(8-10-22)14-3-11-23-12-4-14/h1-2,5-6,14H,3-4,7-13H2. The maximum absolute atomic E-state index is 5.85. The van der Waals surface area contributed by atoms with Crippen molar-refractivity contribution >= 4 is 17.8 Å². The highest BCUT2D eigenvalue weighted by Crippen LogP contribution is 2.24. The monoisotopic (exact) mass is 361 g/mol. The fraction of sp³-hybridized carbons (Fsp3) is 0.588. The lowest BCUT2D eigenvalue weighted by Gasteiger charge is -2.40. The van der Waals surface area contributed by atoms with Gasteiger partial charge >= 0.3 is 6.01 Å². The Hall–Kier alpha value is -1.64. The summed E-state index contributed by atoms with van der Waals surface area (Å²) in [4.78, 5) is 9.95. The fourth-order valence-corrected chi connectivity index (χ4v) is 4.06. The van der Waals surface area contributed by atoms with E-state index in [1.165, 1.54) is 0 Å². The SMILES string of the molecule is c1cc(SCc2nnc(N3CCN(C4CCOCC4)CC3)o2)ccn1. The van der Waals surface area contributed by atoms with E-state index in [9.17, 15) is 0 Å². The van der Waals surface area contributed by atoms with Gasteiger partial charge in [0.1, 0.15) is 0 Å². The van der Waals surface area contributed by atoms with E-state index in [1.54, 1.807) is 24.2 Å². The number of rotatable bonds is 5. The molecule has 0 spiro atoms. The van der Waals surface area contributed by atoms with Crippen molar-refractivity contribution in [3.05, 3.63) is 30.4 Å². The lowest BCUT2D eigenvalue weighted by molar-refractivity contribution is 0.0318. The Morgan fingerprint density at radius 1 is 1.04 bits per heavy atom. The van der Waals surface area contributed by atoms with Gasteiger partial charge in [-0.3, -0.25) is 9.88 Å². The lowest BCUT2D eigenvalue weighted by atomic mass is 10.1. The van der Waals surface area contributed by atoms with Crippen LogP contribution >= 0.6 is 11.8 Å². The second-order valence-corrected chi connectivity index (χ2v) is 7.37. The third kappa shape index (κ3) is 4.31. The minimum atomic E-state index is 0.650. The van der Waals surface area contributed by atoms with Crippen molar-refractivity contribution in [3.8, 4) is 0 Å². The van der Waals surface area contributed by atoms with Crippen LogP contribution in [0.4, 0.5) is 6.01 Å². The molecule has 0 bridgehead atoms. The smallest absolute Gasteiger partial charge is 0.318 e. The third-order valence-corrected chi connectivity index (χ3v) is 5.76. The average molecular weight is 361 g/mol. The van der Waals surface area contributed by atoms with Gasteiger partial charge in [0.05, 0.1) is 5.75 Å². The van der Waals surface area contributed by atoms with E-state index >= 15 is 0 Å². The van der Waals surface area contributed by atoms with Crippen LogP contribution in [-0.2, 0) is 10.5 Å². The molecular weight excluding hydrogens is 338 g/mol. The number of ether oxygens (including phenoxy) is 1. The van der Waals surface area contributed by atoms with Gasteiger partial charge in [0.25, 0.3) is 0 Å². The molecule has 0 N–H and O–H groups in total. The van der Waals surface area contributed by atoms with Crippen LogP contribution < -0.4 is 4.90 Å². The number of nitrogens with zero attached hydrogens (tertiary/aromatic N) is 5. The van der Waals surface area contributed by atoms with Crippen molar-refractivity contribution in [2.45, 2.75) is 29.5 Å². The number of aromatic nitrogens is 3. The molecule has 0 aliphatic carbocycles. The number of pyridine rings is 1. The highest BCUT2D eigenvalue weighted by atomic mass is 32.2. The molecule has 0 unspecified atom stereocenters. The molecule has 2 aliphatic rings.